The Hall–Kier alpha value is -1.45. The second-order valence-electron chi connectivity index (χ2n) is 5.24. The molecule has 0 aliphatic carbocycles. The summed E-state index contributed by atoms with van der Waals surface area (Å²) in [5.41, 5.74) is 0.450. The summed E-state index contributed by atoms with van der Waals surface area (Å²) >= 11 is 3.26. The van der Waals surface area contributed by atoms with Gasteiger partial charge in [-0.1, -0.05) is 28.1 Å². The highest BCUT2D eigenvalue weighted by Crippen LogP contribution is 2.30. The number of nitrogens with zero attached hydrogens (tertiary/aromatic N) is 1. The van der Waals surface area contributed by atoms with E-state index >= 15 is 0 Å². The fourth-order valence-corrected chi connectivity index (χ4v) is 3.93. The number of hydrogen-bond acceptors (Lipinski definition) is 4. The van der Waals surface area contributed by atoms with Gasteiger partial charge in [0.25, 0.3) is 0 Å². The van der Waals surface area contributed by atoms with Crippen LogP contribution >= 0.6 is 15.9 Å². The van der Waals surface area contributed by atoms with E-state index in [0.29, 0.717) is 10.0 Å². The van der Waals surface area contributed by atoms with E-state index in [0.717, 1.165) is 0 Å². The summed E-state index contributed by atoms with van der Waals surface area (Å²) in [5.74, 6) is -2.37. The second-order valence-corrected chi connectivity index (χ2v) is 7.82. The molecule has 0 aromatic heterocycles. The maximum Gasteiger partial charge on any atom is 0.331 e. The number of hydrogen-bond donors (Lipinski definition) is 2. The molecule has 1 aromatic rings. The van der Waals surface area contributed by atoms with Crippen LogP contribution in [0.15, 0.2) is 28.7 Å². The lowest BCUT2D eigenvalue weighted by molar-refractivity contribution is -0.148. The number of primary sulfonamides is 1. The minimum atomic E-state index is -3.71. The molecule has 7 nitrogen and oxygen atoms in total. The van der Waals surface area contributed by atoms with E-state index in [9.17, 15) is 23.1 Å². The van der Waals surface area contributed by atoms with Gasteiger partial charge < -0.3 is 10.0 Å². The summed E-state index contributed by atoms with van der Waals surface area (Å²) < 4.78 is 23.0. The smallest absolute Gasteiger partial charge is 0.331 e. The first-order chi connectivity index (χ1) is 10.2. The number of carbonyl (C=O) groups excluding carboxylic acids is 1. The topological polar surface area (TPSA) is 118 Å². The molecule has 0 spiro atoms. The standard InChI is InChI=1S/C13H15BrN2O5S/c14-10-3-1-2-9(5-10)12(13(18)19)16-6-8(4-11(16)17)7-22(15,20)21/h1-3,5,8,12H,4,6-7H2,(H,18,19)(H2,15,20,21). The quantitative estimate of drug-likeness (QED) is 0.767. The number of benzene rings is 1. The predicted molar refractivity (Wildman–Crippen MR) is 82.3 cm³/mol. The highest BCUT2D eigenvalue weighted by atomic mass is 79.9. The van der Waals surface area contributed by atoms with Crippen LogP contribution in [0.2, 0.25) is 0 Å². The molecule has 0 radical (unpaired) electrons. The zero-order valence-corrected chi connectivity index (χ0v) is 13.9. The van der Waals surface area contributed by atoms with Gasteiger partial charge in [-0.15, -0.1) is 0 Å². The van der Waals surface area contributed by atoms with Gasteiger partial charge in [0, 0.05) is 23.4 Å². The summed E-state index contributed by atoms with van der Waals surface area (Å²) in [7, 11) is -3.71. The number of nitrogens with two attached hydrogens (primary N) is 1. The molecule has 3 N–H and O–H groups in total. The van der Waals surface area contributed by atoms with Crippen molar-refractivity contribution in [2.24, 2.45) is 11.1 Å². The Balaban J connectivity index is 2.27. The van der Waals surface area contributed by atoms with Gasteiger partial charge in [0.05, 0.1) is 5.75 Å². The van der Waals surface area contributed by atoms with Crippen molar-refractivity contribution in [3.63, 3.8) is 0 Å². The third-order valence-electron chi connectivity index (χ3n) is 3.42. The number of aliphatic carboxylic acids is 1. The van der Waals surface area contributed by atoms with Gasteiger partial charge in [-0.05, 0) is 17.7 Å². The lowest BCUT2D eigenvalue weighted by Gasteiger charge is -2.25. The zero-order valence-electron chi connectivity index (χ0n) is 11.5. The molecule has 2 rings (SSSR count). The molecule has 0 saturated carbocycles. The van der Waals surface area contributed by atoms with E-state index in [2.05, 4.69) is 15.9 Å². The average Bonchev–Trinajstić information content (AvgIpc) is 2.67. The lowest BCUT2D eigenvalue weighted by Crippen LogP contribution is -2.36. The van der Waals surface area contributed by atoms with E-state index in [1.54, 1.807) is 24.3 Å². The molecule has 1 fully saturated rings. The highest BCUT2D eigenvalue weighted by molar-refractivity contribution is 9.10. The molecule has 0 bridgehead atoms. The van der Waals surface area contributed by atoms with Crippen molar-refractivity contribution < 1.29 is 23.1 Å². The van der Waals surface area contributed by atoms with Crippen molar-refractivity contribution in [2.45, 2.75) is 12.5 Å². The Morgan fingerprint density at radius 1 is 1.50 bits per heavy atom. The molecule has 120 valence electrons. The third kappa shape index (κ3) is 4.05. The van der Waals surface area contributed by atoms with Crippen LogP contribution in [0.3, 0.4) is 0 Å². The SMILES string of the molecule is NS(=O)(=O)CC1CC(=O)N(C(C(=O)O)c2cccc(Br)c2)C1. The van der Waals surface area contributed by atoms with Gasteiger partial charge in [-0.25, -0.2) is 18.4 Å². The van der Waals surface area contributed by atoms with E-state index in [-0.39, 0.29) is 24.6 Å². The van der Waals surface area contributed by atoms with Gasteiger partial charge in [-0.3, -0.25) is 4.79 Å². The average molecular weight is 391 g/mol. The van der Waals surface area contributed by atoms with Crippen LogP contribution in [0, 0.1) is 5.92 Å². The number of carbonyl (C=O) groups is 2. The first-order valence-corrected chi connectivity index (χ1v) is 8.96. The molecule has 1 saturated heterocycles. The van der Waals surface area contributed by atoms with Gasteiger partial charge in [0.15, 0.2) is 6.04 Å². The Labute approximate surface area is 136 Å². The van der Waals surface area contributed by atoms with E-state index < -0.39 is 28.0 Å². The molecule has 1 heterocycles. The molecule has 2 unspecified atom stereocenters. The number of carboxylic acids is 1. The van der Waals surface area contributed by atoms with Crippen LogP contribution < -0.4 is 5.14 Å². The highest BCUT2D eigenvalue weighted by Gasteiger charge is 2.39. The summed E-state index contributed by atoms with van der Waals surface area (Å²) in [6.07, 6.45) is -0.0196. The van der Waals surface area contributed by atoms with Crippen LogP contribution in [-0.2, 0) is 19.6 Å². The molecule has 1 aliphatic heterocycles. The van der Waals surface area contributed by atoms with Crippen molar-refractivity contribution in [3.8, 4) is 0 Å². The maximum atomic E-state index is 12.1. The Morgan fingerprint density at radius 2 is 2.18 bits per heavy atom. The van der Waals surface area contributed by atoms with Crippen molar-refractivity contribution in [1.82, 2.24) is 4.90 Å². The van der Waals surface area contributed by atoms with Gasteiger partial charge >= 0.3 is 5.97 Å². The van der Waals surface area contributed by atoms with Crippen LogP contribution in [0.1, 0.15) is 18.0 Å². The predicted octanol–water partition coefficient (Wildman–Crippen LogP) is 0.712. The normalized spacial score (nSPS) is 20.2. The largest absolute Gasteiger partial charge is 0.479 e. The third-order valence-corrected chi connectivity index (χ3v) is 4.85. The van der Waals surface area contributed by atoms with E-state index in [4.69, 9.17) is 5.14 Å². The Bertz CT molecular complexity index is 706. The van der Waals surface area contributed by atoms with Crippen LogP contribution in [0.25, 0.3) is 0 Å². The number of sulfonamides is 1. The number of rotatable bonds is 5. The van der Waals surface area contributed by atoms with Crippen molar-refractivity contribution in [3.05, 3.63) is 34.3 Å². The zero-order chi connectivity index (χ0) is 16.5. The number of likely N-dealkylation sites (tertiary alicyclic amines) is 1. The Kier molecular flexibility index (Phi) is 4.88. The van der Waals surface area contributed by atoms with Gasteiger partial charge in [0.2, 0.25) is 15.9 Å². The maximum absolute atomic E-state index is 12.1. The molecule has 2 atom stereocenters. The molecule has 9 heteroatoms. The van der Waals surface area contributed by atoms with Gasteiger partial charge in [0.1, 0.15) is 0 Å². The first-order valence-electron chi connectivity index (χ1n) is 6.45. The minimum absolute atomic E-state index is 0.0196. The fourth-order valence-electron chi connectivity index (χ4n) is 2.63. The summed E-state index contributed by atoms with van der Waals surface area (Å²) in [6.45, 7) is 0.0543. The molecular weight excluding hydrogens is 376 g/mol. The summed E-state index contributed by atoms with van der Waals surface area (Å²) in [6, 6.07) is 5.52. The van der Waals surface area contributed by atoms with Crippen molar-refractivity contribution in [1.29, 1.82) is 0 Å². The van der Waals surface area contributed by atoms with Crippen LogP contribution in [0.4, 0.5) is 0 Å². The van der Waals surface area contributed by atoms with E-state index in [1.807, 2.05) is 0 Å². The van der Waals surface area contributed by atoms with Crippen LogP contribution in [-0.4, -0.2) is 42.6 Å². The lowest BCUT2D eigenvalue weighted by atomic mass is 10.1. The fraction of sp³-hybridized carbons (Fsp3) is 0.385. The number of carboxylic acid groups (broad SMARTS) is 1. The summed E-state index contributed by atoms with van der Waals surface area (Å²) in [4.78, 5) is 24.9. The van der Waals surface area contributed by atoms with Gasteiger partial charge in [-0.2, -0.15) is 0 Å². The molecule has 22 heavy (non-hydrogen) atoms. The van der Waals surface area contributed by atoms with Crippen molar-refractivity contribution >= 4 is 37.8 Å². The van der Waals surface area contributed by atoms with Crippen LogP contribution in [0.5, 0.6) is 0 Å². The summed E-state index contributed by atoms with van der Waals surface area (Å²) in [5, 5.41) is 14.5. The molecular formula is C13H15BrN2O5S. The molecule has 1 aliphatic rings. The molecule has 1 amide bonds. The first kappa shape index (κ1) is 16.9. The Morgan fingerprint density at radius 3 is 2.73 bits per heavy atom. The second kappa shape index (κ2) is 6.35. The van der Waals surface area contributed by atoms with E-state index in [1.165, 1.54) is 4.90 Å². The van der Waals surface area contributed by atoms with Crippen molar-refractivity contribution in [2.75, 3.05) is 12.3 Å². The number of amides is 1. The number of halogens is 1. The molecule has 1 aromatic carbocycles. The monoisotopic (exact) mass is 390 g/mol. The minimum Gasteiger partial charge on any atom is -0.479 e.